The van der Waals surface area contributed by atoms with Crippen LogP contribution < -0.4 is 10.1 Å². The summed E-state index contributed by atoms with van der Waals surface area (Å²) in [5, 5.41) is 3.27. The summed E-state index contributed by atoms with van der Waals surface area (Å²) in [5.74, 6) is -2.68. The molecule has 0 saturated heterocycles. The van der Waals surface area contributed by atoms with E-state index in [1.165, 1.54) is 7.11 Å². The summed E-state index contributed by atoms with van der Waals surface area (Å²) in [6, 6.07) is 7.39. The predicted molar refractivity (Wildman–Crippen MR) is 123 cm³/mol. The lowest BCUT2D eigenvalue weighted by Gasteiger charge is -2.38. The molecule has 0 spiro atoms. The molecule has 0 amide bonds. The SMILES string of the molecule is CCCOC(=O)C1=C(C)NC2=C(C(=O)[C@@H](C(=O)OC)[C@H](C)C2)[C@@H]1c1ccccc1OC(C)C. The lowest BCUT2D eigenvalue weighted by molar-refractivity contribution is -0.151. The number of esters is 2. The van der Waals surface area contributed by atoms with E-state index in [-0.39, 0.29) is 24.4 Å². The molecule has 0 unspecified atom stereocenters. The Hall–Kier alpha value is -3.09. The Kier molecular flexibility index (Phi) is 7.61. The second-order valence-corrected chi connectivity index (χ2v) is 8.88. The Balaban J connectivity index is 2.22. The van der Waals surface area contributed by atoms with Crippen LogP contribution in [0.4, 0.5) is 0 Å². The maximum Gasteiger partial charge on any atom is 0.336 e. The minimum atomic E-state index is -0.928. The fourth-order valence-corrected chi connectivity index (χ4v) is 4.61. The Labute approximate surface area is 195 Å². The van der Waals surface area contributed by atoms with Gasteiger partial charge >= 0.3 is 11.9 Å². The van der Waals surface area contributed by atoms with Crippen LogP contribution in [0.25, 0.3) is 0 Å². The highest BCUT2D eigenvalue weighted by Crippen LogP contribution is 2.47. The highest BCUT2D eigenvalue weighted by atomic mass is 16.5. The Morgan fingerprint density at radius 3 is 2.55 bits per heavy atom. The van der Waals surface area contributed by atoms with Crippen molar-refractivity contribution in [1.29, 1.82) is 0 Å². The third kappa shape index (κ3) is 4.82. The molecule has 1 aromatic rings. The summed E-state index contributed by atoms with van der Waals surface area (Å²) < 4.78 is 16.5. The van der Waals surface area contributed by atoms with Gasteiger partial charge in [-0.3, -0.25) is 9.59 Å². The Morgan fingerprint density at radius 2 is 1.91 bits per heavy atom. The molecule has 1 N–H and O–H groups in total. The molecule has 0 saturated carbocycles. The topological polar surface area (TPSA) is 90.9 Å². The molecule has 1 aromatic carbocycles. The van der Waals surface area contributed by atoms with E-state index >= 15 is 0 Å². The minimum absolute atomic E-state index is 0.105. The number of ketones is 1. The van der Waals surface area contributed by atoms with Crippen molar-refractivity contribution in [2.24, 2.45) is 11.8 Å². The van der Waals surface area contributed by atoms with E-state index in [2.05, 4.69) is 5.32 Å². The zero-order valence-electron chi connectivity index (χ0n) is 20.2. The Bertz CT molecular complexity index is 1010. The quantitative estimate of drug-likeness (QED) is 0.490. The zero-order chi connectivity index (χ0) is 24.3. The number of methoxy groups -OCH3 is 1. The summed E-state index contributed by atoms with van der Waals surface area (Å²) in [6.45, 7) is 9.70. The molecule has 7 heteroatoms. The van der Waals surface area contributed by atoms with E-state index in [0.29, 0.717) is 41.0 Å². The van der Waals surface area contributed by atoms with Crippen molar-refractivity contribution >= 4 is 17.7 Å². The van der Waals surface area contributed by atoms with Gasteiger partial charge in [-0.2, -0.15) is 0 Å². The van der Waals surface area contributed by atoms with Gasteiger partial charge in [-0.05, 0) is 45.6 Å². The van der Waals surface area contributed by atoms with Crippen LogP contribution in [0.1, 0.15) is 58.9 Å². The van der Waals surface area contributed by atoms with Crippen LogP contribution in [-0.2, 0) is 23.9 Å². The van der Waals surface area contributed by atoms with Crippen molar-refractivity contribution in [2.45, 2.75) is 59.5 Å². The van der Waals surface area contributed by atoms with Gasteiger partial charge < -0.3 is 19.5 Å². The molecule has 0 radical (unpaired) electrons. The monoisotopic (exact) mass is 455 g/mol. The molecule has 1 heterocycles. The molecule has 1 aliphatic heterocycles. The van der Waals surface area contributed by atoms with Gasteiger partial charge in [-0.15, -0.1) is 0 Å². The molecule has 7 nitrogen and oxygen atoms in total. The van der Waals surface area contributed by atoms with Gasteiger partial charge in [0.15, 0.2) is 5.78 Å². The van der Waals surface area contributed by atoms with E-state index < -0.39 is 23.8 Å². The number of Topliss-reactive ketones (excluding diaryl/α,β-unsaturated/α-hetero) is 1. The molecule has 2 aliphatic rings. The second-order valence-electron chi connectivity index (χ2n) is 8.88. The average molecular weight is 456 g/mol. The van der Waals surface area contributed by atoms with Gasteiger partial charge in [0.25, 0.3) is 0 Å². The number of carbonyl (C=O) groups excluding carboxylic acids is 3. The number of dihydropyridines is 1. The van der Waals surface area contributed by atoms with Crippen molar-refractivity contribution in [1.82, 2.24) is 5.32 Å². The summed E-state index contributed by atoms with van der Waals surface area (Å²) in [5.41, 5.74) is 2.80. The summed E-state index contributed by atoms with van der Waals surface area (Å²) in [6.07, 6.45) is 1.06. The standard InChI is InChI=1S/C26H33NO6/c1-7-12-32-26(30)21-16(5)27-18-13-15(4)20(25(29)31-6)24(28)23(18)22(21)17-10-8-9-11-19(17)33-14(2)3/h8-11,14-15,20,22,27H,7,12-13H2,1-6H3/t15-,20+,22-/m1/s1. The van der Waals surface area contributed by atoms with Crippen molar-refractivity contribution in [3.63, 3.8) is 0 Å². The van der Waals surface area contributed by atoms with Crippen molar-refractivity contribution in [3.05, 3.63) is 52.4 Å². The van der Waals surface area contributed by atoms with Crippen LogP contribution in [0.3, 0.4) is 0 Å². The van der Waals surface area contributed by atoms with Gasteiger partial charge in [-0.25, -0.2) is 4.79 Å². The van der Waals surface area contributed by atoms with Gasteiger partial charge in [0.2, 0.25) is 0 Å². The number of carbonyl (C=O) groups is 3. The van der Waals surface area contributed by atoms with E-state index in [1.807, 2.05) is 58.9 Å². The fraction of sp³-hybridized carbons (Fsp3) is 0.500. The third-order valence-electron chi connectivity index (χ3n) is 5.99. The summed E-state index contributed by atoms with van der Waals surface area (Å²) in [7, 11) is 1.28. The molecule has 3 rings (SSSR count). The first-order valence-electron chi connectivity index (χ1n) is 11.5. The summed E-state index contributed by atoms with van der Waals surface area (Å²) in [4.78, 5) is 39.5. The van der Waals surface area contributed by atoms with Crippen LogP contribution in [0.2, 0.25) is 0 Å². The number of nitrogens with one attached hydrogen (secondary N) is 1. The summed E-state index contributed by atoms with van der Waals surface area (Å²) >= 11 is 0. The largest absolute Gasteiger partial charge is 0.491 e. The van der Waals surface area contributed by atoms with Gasteiger partial charge in [0, 0.05) is 22.5 Å². The van der Waals surface area contributed by atoms with Crippen LogP contribution in [0.15, 0.2) is 46.8 Å². The molecule has 0 fully saturated rings. The van der Waals surface area contributed by atoms with Gasteiger partial charge in [-0.1, -0.05) is 32.0 Å². The Morgan fingerprint density at radius 1 is 1.21 bits per heavy atom. The first-order chi connectivity index (χ1) is 15.7. The van der Waals surface area contributed by atoms with E-state index in [4.69, 9.17) is 14.2 Å². The van der Waals surface area contributed by atoms with E-state index in [9.17, 15) is 14.4 Å². The van der Waals surface area contributed by atoms with E-state index in [0.717, 1.165) is 5.70 Å². The number of hydrogen-bond donors (Lipinski definition) is 1. The molecule has 0 aromatic heterocycles. The van der Waals surface area contributed by atoms with Gasteiger partial charge in [0.05, 0.1) is 31.3 Å². The number of benzene rings is 1. The van der Waals surface area contributed by atoms with Crippen LogP contribution in [0.5, 0.6) is 5.75 Å². The fourth-order valence-electron chi connectivity index (χ4n) is 4.61. The van der Waals surface area contributed by atoms with Crippen LogP contribution in [0, 0.1) is 11.8 Å². The zero-order valence-corrected chi connectivity index (χ0v) is 20.2. The van der Waals surface area contributed by atoms with Crippen LogP contribution >= 0.6 is 0 Å². The van der Waals surface area contributed by atoms with Crippen molar-refractivity contribution < 1.29 is 28.6 Å². The van der Waals surface area contributed by atoms with Gasteiger partial charge in [0.1, 0.15) is 11.7 Å². The molecular weight excluding hydrogens is 422 g/mol. The number of hydrogen-bond acceptors (Lipinski definition) is 7. The average Bonchev–Trinajstić information content (AvgIpc) is 2.76. The highest BCUT2D eigenvalue weighted by Gasteiger charge is 2.47. The smallest absolute Gasteiger partial charge is 0.336 e. The number of para-hydroxylation sites is 1. The maximum atomic E-state index is 13.8. The highest BCUT2D eigenvalue weighted by molar-refractivity contribution is 6.12. The lowest BCUT2D eigenvalue weighted by atomic mass is 9.69. The predicted octanol–water partition coefficient (Wildman–Crippen LogP) is 4.04. The number of allylic oxidation sites excluding steroid dienone is 3. The molecule has 0 bridgehead atoms. The minimum Gasteiger partial charge on any atom is -0.491 e. The molecule has 3 atom stereocenters. The lowest BCUT2D eigenvalue weighted by Crippen LogP contribution is -2.43. The normalized spacial score (nSPS) is 22.6. The second kappa shape index (κ2) is 10.2. The third-order valence-corrected chi connectivity index (χ3v) is 5.99. The molecule has 178 valence electrons. The molecule has 1 aliphatic carbocycles. The molecular formula is C26H33NO6. The number of rotatable bonds is 7. The first-order valence-corrected chi connectivity index (χ1v) is 11.5. The maximum absolute atomic E-state index is 13.8. The van der Waals surface area contributed by atoms with E-state index in [1.54, 1.807) is 0 Å². The van der Waals surface area contributed by atoms with Crippen molar-refractivity contribution in [2.75, 3.05) is 13.7 Å². The molecule has 33 heavy (non-hydrogen) atoms. The first kappa shape index (κ1) is 24.6. The van der Waals surface area contributed by atoms with Crippen LogP contribution in [-0.4, -0.2) is 37.5 Å². The van der Waals surface area contributed by atoms with Crippen molar-refractivity contribution in [3.8, 4) is 5.75 Å². The number of ether oxygens (including phenoxy) is 3.